The predicted octanol–water partition coefficient (Wildman–Crippen LogP) is 8.14. The zero-order chi connectivity index (χ0) is 29.1. The molecule has 1 amide bonds. The molecule has 3 unspecified atom stereocenters. The van der Waals surface area contributed by atoms with Crippen LogP contribution in [0.3, 0.4) is 0 Å². The van der Waals surface area contributed by atoms with Crippen LogP contribution in [0.1, 0.15) is 59.9 Å². The smallest absolute Gasteiger partial charge is 0.268 e. The average Bonchev–Trinajstić information content (AvgIpc) is 3.35. The normalized spacial score (nSPS) is 21.5. The van der Waals surface area contributed by atoms with Crippen LogP contribution in [-0.4, -0.2) is 24.2 Å². The van der Waals surface area contributed by atoms with Gasteiger partial charge in [-0.2, -0.15) is 5.26 Å². The highest BCUT2D eigenvalue weighted by molar-refractivity contribution is 7.67. The molecular formula is C34H35ClN3O2P. The molecule has 0 aliphatic carbocycles. The Bertz CT molecular complexity index is 1640. The molecule has 2 heterocycles. The highest BCUT2D eigenvalue weighted by atomic mass is 35.5. The third kappa shape index (κ3) is 5.65. The molecule has 3 aromatic carbocycles. The van der Waals surface area contributed by atoms with E-state index in [0.29, 0.717) is 10.7 Å². The molecule has 0 spiro atoms. The summed E-state index contributed by atoms with van der Waals surface area (Å²) in [7, 11) is 0.742. The Kier molecular flexibility index (Phi) is 8.55. The monoisotopic (exact) mass is 583 g/mol. The van der Waals surface area contributed by atoms with E-state index in [1.807, 2.05) is 49.4 Å². The molecule has 5 rings (SSSR count). The number of hydrogen-bond donors (Lipinski definition) is 2. The Morgan fingerprint density at radius 2 is 2.00 bits per heavy atom. The minimum Gasteiger partial charge on any atom is -0.497 e. The molecule has 41 heavy (non-hydrogen) atoms. The van der Waals surface area contributed by atoms with Crippen LogP contribution < -0.4 is 15.4 Å². The molecule has 210 valence electrons. The van der Waals surface area contributed by atoms with Crippen LogP contribution in [0.15, 0.2) is 78.9 Å². The number of ether oxygens (including phenoxy) is 1. The van der Waals surface area contributed by atoms with E-state index in [1.165, 1.54) is 11.1 Å². The Balaban J connectivity index is 1.64. The maximum atomic E-state index is 14.1. The Morgan fingerprint density at radius 3 is 2.71 bits per heavy atom. The molecule has 0 radical (unpaired) electrons. The van der Waals surface area contributed by atoms with E-state index in [1.54, 1.807) is 13.2 Å². The Morgan fingerprint density at radius 1 is 1.22 bits per heavy atom. The molecule has 0 saturated carbocycles. The number of methoxy groups -OCH3 is 1. The summed E-state index contributed by atoms with van der Waals surface area (Å²) in [6.07, 6.45) is 6.67. The van der Waals surface area contributed by atoms with Crippen LogP contribution in [0.2, 0.25) is 5.02 Å². The summed E-state index contributed by atoms with van der Waals surface area (Å²) >= 11 is 6.55. The number of benzene rings is 3. The van der Waals surface area contributed by atoms with E-state index in [2.05, 4.69) is 60.6 Å². The summed E-state index contributed by atoms with van der Waals surface area (Å²) in [4.78, 5) is 17.6. The number of nitrogens with zero attached hydrogens (tertiary/aromatic N) is 1. The van der Waals surface area contributed by atoms with Crippen molar-refractivity contribution in [2.24, 2.45) is 5.92 Å². The number of carbonyl (C=O) groups excluding carboxylic acids is 1. The first-order valence-electron chi connectivity index (χ1n) is 13.9. The molecule has 0 bridgehead atoms. The number of rotatable bonds is 7. The fourth-order valence-electron chi connectivity index (χ4n) is 6.14. The van der Waals surface area contributed by atoms with Gasteiger partial charge in [0.25, 0.3) is 5.91 Å². The lowest BCUT2D eigenvalue weighted by atomic mass is 9.82. The summed E-state index contributed by atoms with van der Waals surface area (Å²) in [5.41, 5.74) is 4.92. The minimum atomic E-state index is -0.899. The highest BCUT2D eigenvalue weighted by Crippen LogP contribution is 2.64. The van der Waals surface area contributed by atoms with Gasteiger partial charge in [0.1, 0.15) is 11.4 Å². The fourth-order valence-corrected chi connectivity index (χ4v) is 9.93. The first-order valence-corrected chi connectivity index (χ1v) is 15.8. The lowest BCUT2D eigenvalue weighted by Gasteiger charge is -2.48. The number of fused-ring (bicyclic) bond motifs is 1. The molecule has 1 aromatic heterocycles. The van der Waals surface area contributed by atoms with E-state index in [4.69, 9.17) is 16.3 Å². The molecule has 7 heteroatoms. The lowest BCUT2D eigenvalue weighted by molar-refractivity contribution is 0.0937. The van der Waals surface area contributed by atoms with Gasteiger partial charge in [-0.05, 0) is 80.2 Å². The number of aryl methyl sites for hydroxylation is 1. The average molecular weight is 584 g/mol. The number of H-pyrrole nitrogens is 1. The third-order valence-corrected chi connectivity index (χ3v) is 12.1. The van der Waals surface area contributed by atoms with Crippen LogP contribution in [0.5, 0.6) is 5.75 Å². The largest absolute Gasteiger partial charge is 0.497 e. The first-order chi connectivity index (χ1) is 19.8. The van der Waals surface area contributed by atoms with Gasteiger partial charge in [-0.3, -0.25) is 4.79 Å². The van der Waals surface area contributed by atoms with E-state index in [0.717, 1.165) is 46.5 Å². The third-order valence-electron chi connectivity index (χ3n) is 8.38. The molecule has 5 nitrogen and oxygen atoms in total. The summed E-state index contributed by atoms with van der Waals surface area (Å²) in [6, 6.07) is 24.3. The van der Waals surface area contributed by atoms with E-state index < -0.39 is 7.92 Å². The van der Waals surface area contributed by atoms with E-state index in [9.17, 15) is 10.1 Å². The number of carbonyl (C=O) groups is 1. The predicted molar refractivity (Wildman–Crippen MR) is 170 cm³/mol. The van der Waals surface area contributed by atoms with Crippen molar-refractivity contribution < 1.29 is 9.53 Å². The summed E-state index contributed by atoms with van der Waals surface area (Å²) in [5, 5.41) is 15.0. The molecule has 1 saturated heterocycles. The van der Waals surface area contributed by atoms with Crippen LogP contribution in [0.25, 0.3) is 10.9 Å². The zero-order valence-corrected chi connectivity index (χ0v) is 25.5. The van der Waals surface area contributed by atoms with Crippen molar-refractivity contribution in [2.75, 3.05) is 13.3 Å². The van der Waals surface area contributed by atoms with Gasteiger partial charge in [-0.15, -0.1) is 0 Å². The molecule has 4 atom stereocenters. The highest BCUT2D eigenvalue weighted by Gasteiger charge is 2.47. The zero-order valence-electron chi connectivity index (χ0n) is 23.9. The fraction of sp³-hybridized carbons (Fsp3) is 0.294. The van der Waals surface area contributed by atoms with Gasteiger partial charge in [0, 0.05) is 32.5 Å². The van der Waals surface area contributed by atoms with Crippen LogP contribution in [-0.2, 0) is 5.16 Å². The molecule has 1 aliphatic heterocycles. The second kappa shape index (κ2) is 12.1. The van der Waals surface area contributed by atoms with Gasteiger partial charge >= 0.3 is 0 Å². The van der Waals surface area contributed by atoms with Crippen molar-refractivity contribution >= 4 is 41.6 Å². The van der Waals surface area contributed by atoms with E-state index in [-0.39, 0.29) is 23.0 Å². The van der Waals surface area contributed by atoms with Crippen molar-refractivity contribution in [3.05, 3.63) is 106 Å². The van der Waals surface area contributed by atoms with E-state index >= 15 is 0 Å². The number of hydrogen-bond acceptors (Lipinski definition) is 3. The van der Waals surface area contributed by atoms with Crippen LogP contribution in [0, 0.1) is 24.2 Å². The van der Waals surface area contributed by atoms with Crippen LogP contribution in [0.4, 0.5) is 0 Å². The standard InChI is InChI=1S/C34H35ClN3O2P/c1-22-8-5-9-26(20-22)34(3)25(10-6-18-36)11-7-19-41(34)32-29-21-27(35)14-17-30(29)38-31(32)33(39)37-23(2)24-12-15-28(40-4)16-13-24/h5-6,8-10,12-17,20-21,23,25,38H,7,11,19H2,1-4H3,(H,37,39)/t23?,25?,34?,41-/m1/s1. The molecular weight excluding hydrogens is 549 g/mol. The van der Waals surface area contributed by atoms with Crippen molar-refractivity contribution in [1.29, 1.82) is 5.26 Å². The summed E-state index contributed by atoms with van der Waals surface area (Å²) < 4.78 is 5.30. The quantitative estimate of drug-likeness (QED) is 0.170. The van der Waals surface area contributed by atoms with Crippen molar-refractivity contribution in [1.82, 2.24) is 10.3 Å². The number of allylic oxidation sites excluding steroid dienone is 2. The molecule has 2 N–H and O–H groups in total. The van der Waals surface area contributed by atoms with Crippen LogP contribution >= 0.6 is 19.5 Å². The Hall–Kier alpha value is -3.58. The molecule has 1 fully saturated rings. The second-order valence-electron chi connectivity index (χ2n) is 10.9. The first kappa shape index (κ1) is 28.9. The van der Waals surface area contributed by atoms with Gasteiger partial charge in [0.05, 0.1) is 19.2 Å². The second-order valence-corrected chi connectivity index (χ2v) is 14.0. The van der Waals surface area contributed by atoms with Crippen molar-refractivity contribution in [3.8, 4) is 11.8 Å². The van der Waals surface area contributed by atoms with Gasteiger partial charge < -0.3 is 15.0 Å². The lowest BCUT2D eigenvalue weighted by Crippen LogP contribution is -2.39. The van der Waals surface area contributed by atoms with Crippen molar-refractivity contribution in [2.45, 2.75) is 44.8 Å². The Labute approximate surface area is 248 Å². The number of aromatic nitrogens is 1. The van der Waals surface area contributed by atoms with Crippen molar-refractivity contribution in [3.63, 3.8) is 0 Å². The van der Waals surface area contributed by atoms with Gasteiger partial charge in [-0.1, -0.05) is 74.5 Å². The van der Waals surface area contributed by atoms with Gasteiger partial charge in [0.15, 0.2) is 0 Å². The number of amides is 1. The van der Waals surface area contributed by atoms with Gasteiger partial charge in [0.2, 0.25) is 0 Å². The SMILES string of the molecule is COc1ccc(C(C)NC(=O)c2[nH]c3ccc(Cl)cc3c2[P@@]2CCCC(C=CC#N)C2(C)c2cccc(C)c2)cc1. The maximum Gasteiger partial charge on any atom is 0.268 e. The number of nitrogens with one attached hydrogen (secondary N) is 2. The summed E-state index contributed by atoms with van der Waals surface area (Å²) in [5.74, 6) is 0.791. The number of halogens is 1. The molecule has 1 aliphatic rings. The number of aromatic amines is 1. The minimum absolute atomic E-state index is 0.139. The maximum absolute atomic E-state index is 14.1. The van der Waals surface area contributed by atoms with Gasteiger partial charge in [-0.25, -0.2) is 0 Å². The topological polar surface area (TPSA) is 77.9 Å². The summed E-state index contributed by atoms with van der Waals surface area (Å²) in [6.45, 7) is 6.43. The number of nitriles is 1. The molecule has 4 aromatic rings.